The molecular formula is C17H32F3N5. The molecule has 0 aromatic rings. The molecule has 0 aliphatic carbocycles. The van der Waals surface area contributed by atoms with Gasteiger partial charge in [0.15, 0.2) is 5.96 Å². The van der Waals surface area contributed by atoms with Crippen LogP contribution in [0, 0.1) is 5.92 Å². The van der Waals surface area contributed by atoms with Crippen LogP contribution in [0.3, 0.4) is 0 Å². The SMILES string of the molecule is CN=C(NCC(C)CN1CCCCC1)NC1CCN(CC(F)(F)F)C1. The van der Waals surface area contributed by atoms with Gasteiger partial charge < -0.3 is 15.5 Å². The lowest BCUT2D eigenvalue weighted by molar-refractivity contribution is -0.143. The van der Waals surface area contributed by atoms with Crippen LogP contribution in [0.25, 0.3) is 0 Å². The molecule has 0 bridgehead atoms. The van der Waals surface area contributed by atoms with E-state index in [-0.39, 0.29) is 6.04 Å². The zero-order valence-corrected chi connectivity index (χ0v) is 15.4. The van der Waals surface area contributed by atoms with Gasteiger partial charge in [0.1, 0.15) is 0 Å². The molecule has 0 aromatic carbocycles. The third-order valence-electron chi connectivity index (χ3n) is 4.88. The monoisotopic (exact) mass is 363 g/mol. The molecule has 5 nitrogen and oxygen atoms in total. The van der Waals surface area contributed by atoms with Crippen LogP contribution in [-0.4, -0.2) is 80.8 Å². The van der Waals surface area contributed by atoms with E-state index in [0.717, 1.165) is 13.1 Å². The minimum absolute atomic E-state index is 0.0194. The molecule has 2 saturated heterocycles. The molecule has 2 heterocycles. The fraction of sp³-hybridized carbons (Fsp3) is 0.941. The number of piperidine rings is 1. The lowest BCUT2D eigenvalue weighted by atomic mass is 10.1. The van der Waals surface area contributed by atoms with Gasteiger partial charge in [-0.2, -0.15) is 13.2 Å². The third-order valence-corrected chi connectivity index (χ3v) is 4.88. The molecule has 2 unspecified atom stereocenters. The van der Waals surface area contributed by atoms with Gasteiger partial charge in [-0.1, -0.05) is 13.3 Å². The molecule has 2 aliphatic heterocycles. The highest BCUT2D eigenvalue weighted by Crippen LogP contribution is 2.19. The summed E-state index contributed by atoms with van der Waals surface area (Å²) in [4.78, 5) is 8.17. The smallest absolute Gasteiger partial charge is 0.356 e. The number of halogens is 3. The normalized spacial score (nSPS) is 25.2. The minimum atomic E-state index is -4.13. The molecule has 2 rings (SSSR count). The van der Waals surface area contributed by atoms with E-state index in [2.05, 4.69) is 27.4 Å². The molecule has 0 aromatic heterocycles. The number of guanidine groups is 1. The van der Waals surface area contributed by atoms with Crippen molar-refractivity contribution in [2.75, 3.05) is 52.9 Å². The quantitative estimate of drug-likeness (QED) is 0.559. The van der Waals surface area contributed by atoms with E-state index in [4.69, 9.17) is 0 Å². The molecular weight excluding hydrogens is 331 g/mol. The fourth-order valence-electron chi connectivity index (χ4n) is 3.65. The van der Waals surface area contributed by atoms with Gasteiger partial charge in [-0.25, -0.2) is 0 Å². The number of alkyl halides is 3. The van der Waals surface area contributed by atoms with Crippen LogP contribution in [0.1, 0.15) is 32.6 Å². The zero-order chi connectivity index (χ0) is 18.3. The summed E-state index contributed by atoms with van der Waals surface area (Å²) in [5.74, 6) is 1.19. The maximum atomic E-state index is 12.5. The summed E-state index contributed by atoms with van der Waals surface area (Å²) in [5.41, 5.74) is 0. The van der Waals surface area contributed by atoms with Gasteiger partial charge in [0.25, 0.3) is 0 Å². The summed E-state index contributed by atoms with van der Waals surface area (Å²) in [6, 6.07) is 0.0194. The Labute approximate surface area is 149 Å². The second kappa shape index (κ2) is 9.62. The van der Waals surface area contributed by atoms with Gasteiger partial charge in [0.2, 0.25) is 0 Å². The molecule has 146 valence electrons. The highest BCUT2D eigenvalue weighted by Gasteiger charge is 2.34. The van der Waals surface area contributed by atoms with Crippen LogP contribution in [-0.2, 0) is 0 Å². The van der Waals surface area contributed by atoms with E-state index < -0.39 is 12.7 Å². The number of nitrogens with zero attached hydrogens (tertiary/aromatic N) is 3. The van der Waals surface area contributed by atoms with Gasteiger partial charge in [-0.15, -0.1) is 0 Å². The Balaban J connectivity index is 1.66. The van der Waals surface area contributed by atoms with Crippen molar-refractivity contribution in [2.45, 2.75) is 44.8 Å². The molecule has 2 aliphatic rings. The maximum absolute atomic E-state index is 12.5. The number of aliphatic imine (C=N–C) groups is 1. The van der Waals surface area contributed by atoms with Gasteiger partial charge in [-0.3, -0.25) is 9.89 Å². The Hall–Kier alpha value is -1.02. The predicted octanol–water partition coefficient (Wildman–Crippen LogP) is 1.91. The van der Waals surface area contributed by atoms with Gasteiger partial charge in [0.05, 0.1) is 6.54 Å². The topological polar surface area (TPSA) is 42.9 Å². The van der Waals surface area contributed by atoms with Crippen molar-refractivity contribution in [1.82, 2.24) is 20.4 Å². The molecule has 2 atom stereocenters. The van der Waals surface area contributed by atoms with E-state index in [9.17, 15) is 13.2 Å². The van der Waals surface area contributed by atoms with Crippen LogP contribution < -0.4 is 10.6 Å². The Kier molecular flexibility index (Phi) is 7.81. The van der Waals surface area contributed by atoms with Crippen molar-refractivity contribution in [1.29, 1.82) is 0 Å². The van der Waals surface area contributed by atoms with Gasteiger partial charge in [-0.05, 0) is 38.3 Å². The van der Waals surface area contributed by atoms with E-state index in [1.54, 1.807) is 7.05 Å². The standard InChI is InChI=1S/C17H32F3N5/c1-14(11-24-7-4-3-5-8-24)10-22-16(21-2)23-15-6-9-25(12-15)13-17(18,19)20/h14-15H,3-13H2,1-2H3,(H2,21,22,23). The molecule has 0 spiro atoms. The lowest BCUT2D eigenvalue weighted by Gasteiger charge is -2.29. The van der Waals surface area contributed by atoms with Crippen LogP contribution in [0.5, 0.6) is 0 Å². The first-order chi connectivity index (χ1) is 11.9. The number of rotatable bonds is 6. The largest absolute Gasteiger partial charge is 0.401 e. The van der Waals surface area contributed by atoms with Gasteiger partial charge in [0, 0.05) is 39.3 Å². The first-order valence-electron chi connectivity index (χ1n) is 9.34. The Bertz CT molecular complexity index is 421. The minimum Gasteiger partial charge on any atom is -0.356 e. The van der Waals surface area contributed by atoms with Crippen LogP contribution in [0.4, 0.5) is 13.2 Å². The van der Waals surface area contributed by atoms with Crippen molar-refractivity contribution < 1.29 is 13.2 Å². The summed E-state index contributed by atoms with van der Waals surface area (Å²) in [5, 5.41) is 6.58. The molecule has 2 fully saturated rings. The third kappa shape index (κ3) is 7.81. The molecule has 2 N–H and O–H groups in total. The Morgan fingerprint density at radius 3 is 2.52 bits per heavy atom. The highest BCUT2D eigenvalue weighted by molar-refractivity contribution is 5.80. The van der Waals surface area contributed by atoms with E-state index in [1.807, 2.05) is 0 Å². The highest BCUT2D eigenvalue weighted by atomic mass is 19.4. The average Bonchev–Trinajstić information content (AvgIpc) is 2.97. The van der Waals surface area contributed by atoms with Crippen LogP contribution >= 0.6 is 0 Å². The van der Waals surface area contributed by atoms with Crippen molar-refractivity contribution in [3.63, 3.8) is 0 Å². The lowest BCUT2D eigenvalue weighted by Crippen LogP contribution is -2.47. The van der Waals surface area contributed by atoms with E-state index in [1.165, 1.54) is 37.3 Å². The molecule has 25 heavy (non-hydrogen) atoms. The second-order valence-electron chi connectivity index (χ2n) is 7.40. The molecule has 0 amide bonds. The van der Waals surface area contributed by atoms with Crippen molar-refractivity contribution >= 4 is 5.96 Å². The summed E-state index contributed by atoms with van der Waals surface area (Å²) >= 11 is 0. The average molecular weight is 363 g/mol. The van der Waals surface area contributed by atoms with Crippen LogP contribution in [0.2, 0.25) is 0 Å². The van der Waals surface area contributed by atoms with Crippen molar-refractivity contribution in [3.05, 3.63) is 0 Å². The van der Waals surface area contributed by atoms with E-state index in [0.29, 0.717) is 31.4 Å². The maximum Gasteiger partial charge on any atom is 0.401 e. The first kappa shape index (κ1) is 20.3. The van der Waals surface area contributed by atoms with Crippen LogP contribution in [0.15, 0.2) is 4.99 Å². The fourth-order valence-corrected chi connectivity index (χ4v) is 3.65. The summed E-state index contributed by atoms with van der Waals surface area (Å²) in [6.45, 7) is 6.54. The molecule has 0 saturated carbocycles. The number of likely N-dealkylation sites (tertiary alicyclic amines) is 2. The first-order valence-corrected chi connectivity index (χ1v) is 9.34. The molecule has 8 heteroatoms. The zero-order valence-electron chi connectivity index (χ0n) is 15.4. The van der Waals surface area contributed by atoms with E-state index >= 15 is 0 Å². The second-order valence-corrected chi connectivity index (χ2v) is 7.40. The number of nitrogens with one attached hydrogen (secondary N) is 2. The summed E-state index contributed by atoms with van der Waals surface area (Å²) < 4.78 is 37.4. The summed E-state index contributed by atoms with van der Waals surface area (Å²) in [7, 11) is 1.70. The number of hydrogen-bond acceptors (Lipinski definition) is 3. The molecule has 0 radical (unpaired) electrons. The Morgan fingerprint density at radius 2 is 1.88 bits per heavy atom. The predicted molar refractivity (Wildman–Crippen MR) is 94.9 cm³/mol. The summed E-state index contributed by atoms with van der Waals surface area (Å²) in [6.07, 6.45) is 0.504. The van der Waals surface area contributed by atoms with Gasteiger partial charge >= 0.3 is 6.18 Å². The van der Waals surface area contributed by atoms with Crippen molar-refractivity contribution in [2.24, 2.45) is 10.9 Å². The van der Waals surface area contributed by atoms with Crippen molar-refractivity contribution in [3.8, 4) is 0 Å². The number of hydrogen-bond donors (Lipinski definition) is 2. The Morgan fingerprint density at radius 1 is 1.16 bits per heavy atom.